The Morgan fingerprint density at radius 1 is 1.26 bits per heavy atom. The van der Waals surface area contributed by atoms with E-state index in [4.69, 9.17) is 4.74 Å². The zero-order valence-electron chi connectivity index (χ0n) is 12.2. The Bertz CT molecular complexity index is 445. The van der Waals surface area contributed by atoms with Gasteiger partial charge in [0, 0.05) is 18.5 Å². The van der Waals surface area contributed by atoms with Gasteiger partial charge in [-0.3, -0.25) is 0 Å². The maximum atomic E-state index is 5.56. The first-order valence-electron chi connectivity index (χ1n) is 7.58. The Hall–Kier alpha value is -1.02. The van der Waals surface area contributed by atoms with Gasteiger partial charge in [-0.05, 0) is 43.7 Å². The summed E-state index contributed by atoms with van der Waals surface area (Å²) in [6, 6.07) is 6.58. The van der Waals surface area contributed by atoms with Crippen LogP contribution >= 0.6 is 0 Å². The summed E-state index contributed by atoms with van der Waals surface area (Å²) in [5.74, 6) is 1.98. The fourth-order valence-electron chi connectivity index (χ4n) is 3.97. The number of benzene rings is 1. The molecule has 0 amide bonds. The molecule has 104 valence electrons. The third-order valence-electron chi connectivity index (χ3n) is 5.15. The van der Waals surface area contributed by atoms with Crippen LogP contribution in [0.4, 0.5) is 0 Å². The van der Waals surface area contributed by atoms with Crippen molar-refractivity contribution in [2.75, 3.05) is 20.2 Å². The van der Waals surface area contributed by atoms with Gasteiger partial charge in [0.25, 0.3) is 0 Å². The summed E-state index contributed by atoms with van der Waals surface area (Å²) in [4.78, 5) is 0. The van der Waals surface area contributed by atoms with Gasteiger partial charge in [0.15, 0.2) is 0 Å². The van der Waals surface area contributed by atoms with Crippen LogP contribution in [0.1, 0.15) is 36.8 Å². The second-order valence-electron chi connectivity index (χ2n) is 6.44. The molecule has 2 nitrogen and oxygen atoms in total. The molecule has 1 saturated heterocycles. The maximum Gasteiger partial charge on any atom is 0.122 e. The van der Waals surface area contributed by atoms with Crippen molar-refractivity contribution in [1.29, 1.82) is 0 Å². The van der Waals surface area contributed by atoms with Crippen molar-refractivity contribution in [3.05, 3.63) is 29.3 Å². The number of aryl methyl sites for hydroxylation is 1. The molecule has 0 atom stereocenters. The van der Waals surface area contributed by atoms with Gasteiger partial charge < -0.3 is 10.1 Å². The van der Waals surface area contributed by atoms with Crippen LogP contribution in [-0.2, 0) is 6.42 Å². The summed E-state index contributed by atoms with van der Waals surface area (Å²) < 4.78 is 5.56. The Morgan fingerprint density at radius 3 is 2.58 bits per heavy atom. The molecule has 1 aliphatic carbocycles. The molecular weight excluding hydrogens is 234 g/mol. The molecule has 19 heavy (non-hydrogen) atoms. The van der Waals surface area contributed by atoms with E-state index in [1.165, 1.54) is 56.3 Å². The summed E-state index contributed by atoms with van der Waals surface area (Å²) in [5.41, 5.74) is 3.23. The zero-order chi connectivity index (χ0) is 13.3. The molecular formula is C17H25NO. The van der Waals surface area contributed by atoms with Crippen LogP contribution in [0.5, 0.6) is 5.75 Å². The number of hydrogen-bond acceptors (Lipinski definition) is 2. The summed E-state index contributed by atoms with van der Waals surface area (Å²) in [6.45, 7) is 4.55. The largest absolute Gasteiger partial charge is 0.496 e. The SMILES string of the molecule is COc1ccc(C)cc1CC1(C2CCCC2)CNC1. The van der Waals surface area contributed by atoms with Gasteiger partial charge >= 0.3 is 0 Å². The van der Waals surface area contributed by atoms with Crippen molar-refractivity contribution in [2.45, 2.75) is 39.0 Å². The van der Waals surface area contributed by atoms with E-state index in [0.717, 1.165) is 11.7 Å². The van der Waals surface area contributed by atoms with Crippen molar-refractivity contribution in [3.63, 3.8) is 0 Å². The summed E-state index contributed by atoms with van der Waals surface area (Å²) in [5, 5.41) is 3.51. The van der Waals surface area contributed by atoms with E-state index >= 15 is 0 Å². The fourth-order valence-corrected chi connectivity index (χ4v) is 3.97. The lowest BCUT2D eigenvalue weighted by atomic mass is 9.66. The number of methoxy groups -OCH3 is 1. The van der Waals surface area contributed by atoms with Crippen molar-refractivity contribution >= 4 is 0 Å². The number of hydrogen-bond donors (Lipinski definition) is 1. The minimum absolute atomic E-state index is 0.498. The van der Waals surface area contributed by atoms with Crippen LogP contribution in [0, 0.1) is 18.3 Å². The van der Waals surface area contributed by atoms with E-state index in [2.05, 4.69) is 30.4 Å². The molecule has 0 spiro atoms. The molecule has 2 aliphatic rings. The van der Waals surface area contributed by atoms with Crippen LogP contribution in [0.2, 0.25) is 0 Å². The lowest BCUT2D eigenvalue weighted by Crippen LogP contribution is -2.58. The summed E-state index contributed by atoms with van der Waals surface area (Å²) >= 11 is 0. The predicted octanol–water partition coefficient (Wildman–Crippen LogP) is 3.33. The molecule has 3 rings (SSSR count). The van der Waals surface area contributed by atoms with Crippen molar-refractivity contribution < 1.29 is 4.74 Å². The van der Waals surface area contributed by atoms with E-state index < -0.39 is 0 Å². The van der Waals surface area contributed by atoms with E-state index in [0.29, 0.717) is 5.41 Å². The highest BCUT2D eigenvalue weighted by molar-refractivity contribution is 5.38. The predicted molar refractivity (Wildman–Crippen MR) is 78.7 cm³/mol. The van der Waals surface area contributed by atoms with Gasteiger partial charge in [0.05, 0.1) is 7.11 Å². The van der Waals surface area contributed by atoms with Gasteiger partial charge in [-0.15, -0.1) is 0 Å². The zero-order valence-corrected chi connectivity index (χ0v) is 12.2. The lowest BCUT2D eigenvalue weighted by molar-refractivity contribution is 0.0804. The molecule has 1 aliphatic heterocycles. The third-order valence-corrected chi connectivity index (χ3v) is 5.15. The number of nitrogens with one attached hydrogen (secondary N) is 1. The number of ether oxygens (including phenoxy) is 1. The second-order valence-corrected chi connectivity index (χ2v) is 6.44. The highest BCUT2D eigenvalue weighted by atomic mass is 16.5. The Balaban J connectivity index is 1.84. The van der Waals surface area contributed by atoms with E-state index in [1.807, 2.05) is 0 Å². The first kappa shape index (κ1) is 13.0. The maximum absolute atomic E-state index is 5.56. The van der Waals surface area contributed by atoms with Crippen molar-refractivity contribution in [1.82, 2.24) is 5.32 Å². The monoisotopic (exact) mass is 259 g/mol. The van der Waals surface area contributed by atoms with Gasteiger partial charge in [-0.1, -0.05) is 30.5 Å². The molecule has 1 N–H and O–H groups in total. The fraction of sp³-hybridized carbons (Fsp3) is 0.647. The molecule has 1 heterocycles. The molecule has 0 radical (unpaired) electrons. The Morgan fingerprint density at radius 2 is 2.00 bits per heavy atom. The minimum Gasteiger partial charge on any atom is -0.496 e. The van der Waals surface area contributed by atoms with Crippen LogP contribution in [0.3, 0.4) is 0 Å². The van der Waals surface area contributed by atoms with Gasteiger partial charge in [-0.25, -0.2) is 0 Å². The number of rotatable bonds is 4. The average molecular weight is 259 g/mol. The normalized spacial score (nSPS) is 22.2. The summed E-state index contributed by atoms with van der Waals surface area (Å²) in [7, 11) is 1.79. The highest BCUT2D eigenvalue weighted by Gasteiger charge is 2.45. The molecule has 0 unspecified atom stereocenters. The van der Waals surface area contributed by atoms with Crippen LogP contribution < -0.4 is 10.1 Å². The minimum atomic E-state index is 0.498. The Labute approximate surface area is 116 Å². The van der Waals surface area contributed by atoms with Crippen molar-refractivity contribution in [2.24, 2.45) is 11.3 Å². The molecule has 1 aromatic carbocycles. The topological polar surface area (TPSA) is 21.3 Å². The van der Waals surface area contributed by atoms with E-state index in [9.17, 15) is 0 Å². The quantitative estimate of drug-likeness (QED) is 0.895. The third kappa shape index (κ3) is 2.38. The second kappa shape index (κ2) is 5.16. The van der Waals surface area contributed by atoms with Gasteiger partial charge in [0.2, 0.25) is 0 Å². The van der Waals surface area contributed by atoms with E-state index in [1.54, 1.807) is 7.11 Å². The molecule has 0 bridgehead atoms. The highest BCUT2D eigenvalue weighted by Crippen LogP contribution is 2.45. The van der Waals surface area contributed by atoms with Gasteiger partial charge in [-0.2, -0.15) is 0 Å². The van der Waals surface area contributed by atoms with Crippen LogP contribution in [-0.4, -0.2) is 20.2 Å². The van der Waals surface area contributed by atoms with E-state index in [-0.39, 0.29) is 0 Å². The first-order valence-corrected chi connectivity index (χ1v) is 7.58. The van der Waals surface area contributed by atoms with Crippen LogP contribution in [0.15, 0.2) is 18.2 Å². The molecule has 1 saturated carbocycles. The first-order chi connectivity index (χ1) is 9.23. The van der Waals surface area contributed by atoms with Gasteiger partial charge in [0.1, 0.15) is 5.75 Å². The molecule has 2 heteroatoms. The summed E-state index contributed by atoms with van der Waals surface area (Å²) in [6.07, 6.45) is 6.88. The standard InChI is InChI=1S/C17H25NO/c1-13-7-8-16(19-2)14(9-13)10-17(11-18-12-17)15-5-3-4-6-15/h7-9,15,18H,3-6,10-12H2,1-2H3. The molecule has 0 aromatic heterocycles. The molecule has 1 aromatic rings. The van der Waals surface area contributed by atoms with Crippen LogP contribution in [0.25, 0.3) is 0 Å². The molecule has 2 fully saturated rings. The van der Waals surface area contributed by atoms with Crippen molar-refractivity contribution in [3.8, 4) is 5.75 Å². The Kier molecular flexibility index (Phi) is 3.53. The smallest absolute Gasteiger partial charge is 0.122 e. The lowest BCUT2D eigenvalue weighted by Gasteiger charge is -2.48. The average Bonchev–Trinajstić information content (AvgIpc) is 2.88.